The zero-order valence-electron chi connectivity index (χ0n) is 10.6. The Morgan fingerprint density at radius 2 is 2.22 bits per heavy atom. The summed E-state index contributed by atoms with van der Waals surface area (Å²) in [4.78, 5) is 13.9. The maximum atomic E-state index is 11.7. The molecular weight excluding hydrogens is 248 g/mol. The smallest absolute Gasteiger partial charge is 0.224 e. The van der Waals surface area contributed by atoms with Crippen molar-refractivity contribution in [1.29, 1.82) is 0 Å². The lowest BCUT2D eigenvalue weighted by atomic mass is 9.98. The maximum absolute atomic E-state index is 11.7. The van der Waals surface area contributed by atoms with Gasteiger partial charge in [0.1, 0.15) is 5.01 Å². The van der Waals surface area contributed by atoms with Crippen molar-refractivity contribution in [3.05, 3.63) is 5.01 Å². The Balaban J connectivity index is 1.68. The molecule has 18 heavy (non-hydrogen) atoms. The number of piperidine rings is 1. The maximum Gasteiger partial charge on any atom is 0.224 e. The molecule has 3 rings (SSSR count). The molecule has 1 saturated heterocycles. The van der Waals surface area contributed by atoms with Gasteiger partial charge in [-0.15, -0.1) is 10.2 Å². The summed E-state index contributed by atoms with van der Waals surface area (Å²) in [5, 5.41) is 13.5. The van der Waals surface area contributed by atoms with Gasteiger partial charge < -0.3 is 10.2 Å². The molecule has 1 aromatic heterocycles. The molecule has 2 heterocycles. The molecule has 1 aliphatic carbocycles. The van der Waals surface area contributed by atoms with E-state index in [1.165, 1.54) is 17.8 Å². The second-order valence-electron chi connectivity index (χ2n) is 5.10. The zero-order chi connectivity index (χ0) is 12.5. The van der Waals surface area contributed by atoms with Crippen LogP contribution < -0.4 is 10.2 Å². The summed E-state index contributed by atoms with van der Waals surface area (Å²) < 4.78 is 0. The van der Waals surface area contributed by atoms with Crippen molar-refractivity contribution in [2.24, 2.45) is 5.92 Å². The van der Waals surface area contributed by atoms with E-state index in [1.807, 2.05) is 0 Å². The van der Waals surface area contributed by atoms with Crippen LogP contribution in [0.15, 0.2) is 0 Å². The fourth-order valence-electron chi connectivity index (χ4n) is 2.42. The summed E-state index contributed by atoms with van der Waals surface area (Å²) in [6.45, 7) is 1.77. The van der Waals surface area contributed by atoms with Gasteiger partial charge in [-0.1, -0.05) is 11.3 Å². The fraction of sp³-hybridized carbons (Fsp3) is 0.750. The number of hydrogen-bond acceptors (Lipinski definition) is 5. The van der Waals surface area contributed by atoms with Crippen LogP contribution in [0.4, 0.5) is 5.13 Å². The zero-order valence-corrected chi connectivity index (χ0v) is 11.4. The Bertz CT molecular complexity index is 443. The lowest BCUT2D eigenvalue weighted by Crippen LogP contribution is -2.42. The van der Waals surface area contributed by atoms with Crippen molar-refractivity contribution in [2.45, 2.75) is 31.6 Å². The van der Waals surface area contributed by atoms with E-state index in [9.17, 15) is 4.79 Å². The lowest BCUT2D eigenvalue weighted by molar-refractivity contribution is -0.124. The first-order valence-electron chi connectivity index (χ1n) is 6.58. The van der Waals surface area contributed by atoms with E-state index in [0.29, 0.717) is 5.92 Å². The van der Waals surface area contributed by atoms with Crippen LogP contribution in [0.5, 0.6) is 0 Å². The Morgan fingerprint density at radius 1 is 1.39 bits per heavy atom. The molecule has 1 N–H and O–H groups in total. The van der Waals surface area contributed by atoms with Crippen LogP contribution in [-0.4, -0.2) is 36.2 Å². The molecule has 2 fully saturated rings. The number of rotatable bonds is 3. The monoisotopic (exact) mass is 266 g/mol. The molecule has 0 aromatic carbocycles. The number of anilines is 1. The van der Waals surface area contributed by atoms with Crippen LogP contribution in [0.3, 0.4) is 0 Å². The first-order valence-corrected chi connectivity index (χ1v) is 7.39. The van der Waals surface area contributed by atoms with E-state index in [2.05, 4.69) is 20.4 Å². The number of nitrogens with zero attached hydrogens (tertiary/aromatic N) is 3. The van der Waals surface area contributed by atoms with E-state index >= 15 is 0 Å². The summed E-state index contributed by atoms with van der Waals surface area (Å²) in [6.07, 6.45) is 4.55. The Hall–Kier alpha value is -1.17. The number of aromatic nitrogens is 2. The number of amides is 1. The van der Waals surface area contributed by atoms with Crippen molar-refractivity contribution in [3.63, 3.8) is 0 Å². The number of hydrogen-bond donors (Lipinski definition) is 1. The first-order chi connectivity index (χ1) is 8.78. The average Bonchev–Trinajstić information content (AvgIpc) is 3.15. The lowest BCUT2D eigenvalue weighted by Gasteiger charge is -2.31. The predicted molar refractivity (Wildman–Crippen MR) is 70.9 cm³/mol. The Kier molecular flexibility index (Phi) is 3.20. The third-order valence-corrected chi connectivity index (χ3v) is 4.81. The molecule has 0 spiro atoms. The van der Waals surface area contributed by atoms with Gasteiger partial charge in [0.15, 0.2) is 0 Å². The summed E-state index contributed by atoms with van der Waals surface area (Å²) in [6, 6.07) is 0. The van der Waals surface area contributed by atoms with E-state index in [1.54, 1.807) is 18.4 Å². The minimum Gasteiger partial charge on any atom is -0.359 e. The molecule has 1 unspecified atom stereocenters. The summed E-state index contributed by atoms with van der Waals surface area (Å²) in [5.74, 6) is 0.902. The number of carbonyl (C=O) groups is 1. The highest BCUT2D eigenvalue weighted by Crippen LogP contribution is 2.42. The van der Waals surface area contributed by atoms with Crippen LogP contribution in [0.25, 0.3) is 0 Å². The predicted octanol–water partition coefficient (Wildman–Crippen LogP) is 1.38. The van der Waals surface area contributed by atoms with Gasteiger partial charge in [0, 0.05) is 26.1 Å². The second kappa shape index (κ2) is 4.84. The Morgan fingerprint density at radius 3 is 2.94 bits per heavy atom. The average molecular weight is 266 g/mol. The van der Waals surface area contributed by atoms with Crippen LogP contribution in [-0.2, 0) is 4.79 Å². The fourth-order valence-corrected chi connectivity index (χ4v) is 3.47. The van der Waals surface area contributed by atoms with Gasteiger partial charge in [0.25, 0.3) is 0 Å². The molecule has 1 amide bonds. The van der Waals surface area contributed by atoms with Crippen molar-refractivity contribution in [1.82, 2.24) is 15.5 Å². The summed E-state index contributed by atoms with van der Waals surface area (Å²) >= 11 is 1.70. The standard InChI is InChI=1S/C12H18N4OS/c1-13-10(17)9-3-2-6-16(7-9)12-15-14-11(18-12)8-4-5-8/h8-9H,2-7H2,1H3,(H,13,17). The minimum absolute atomic E-state index is 0.0945. The molecule has 1 aromatic rings. The molecule has 1 atom stereocenters. The molecule has 1 saturated carbocycles. The van der Waals surface area contributed by atoms with E-state index in [-0.39, 0.29) is 11.8 Å². The quantitative estimate of drug-likeness (QED) is 0.898. The minimum atomic E-state index is 0.0945. The van der Waals surface area contributed by atoms with Crippen LogP contribution in [0.1, 0.15) is 36.6 Å². The molecule has 2 aliphatic rings. The molecule has 0 bridgehead atoms. The van der Waals surface area contributed by atoms with Gasteiger partial charge >= 0.3 is 0 Å². The molecule has 98 valence electrons. The highest BCUT2D eigenvalue weighted by molar-refractivity contribution is 7.15. The number of nitrogens with one attached hydrogen (secondary N) is 1. The van der Waals surface area contributed by atoms with Crippen molar-refractivity contribution >= 4 is 22.4 Å². The number of carbonyl (C=O) groups excluding carboxylic acids is 1. The molecule has 1 aliphatic heterocycles. The van der Waals surface area contributed by atoms with Gasteiger partial charge in [-0.2, -0.15) is 0 Å². The third kappa shape index (κ3) is 2.34. The van der Waals surface area contributed by atoms with Gasteiger partial charge in [0.2, 0.25) is 11.0 Å². The summed E-state index contributed by atoms with van der Waals surface area (Å²) in [7, 11) is 1.71. The van der Waals surface area contributed by atoms with E-state index in [4.69, 9.17) is 0 Å². The first kappa shape index (κ1) is 11.9. The van der Waals surface area contributed by atoms with Crippen molar-refractivity contribution < 1.29 is 4.79 Å². The van der Waals surface area contributed by atoms with Crippen LogP contribution >= 0.6 is 11.3 Å². The van der Waals surface area contributed by atoms with Crippen molar-refractivity contribution in [2.75, 3.05) is 25.0 Å². The second-order valence-corrected chi connectivity index (χ2v) is 6.08. The van der Waals surface area contributed by atoms with Crippen LogP contribution in [0, 0.1) is 5.92 Å². The SMILES string of the molecule is CNC(=O)C1CCCN(c2nnc(C3CC3)s2)C1. The van der Waals surface area contributed by atoms with E-state index in [0.717, 1.165) is 31.1 Å². The highest BCUT2D eigenvalue weighted by atomic mass is 32.1. The van der Waals surface area contributed by atoms with Gasteiger partial charge in [-0.3, -0.25) is 4.79 Å². The Labute approximate surface area is 111 Å². The highest BCUT2D eigenvalue weighted by Gasteiger charge is 2.30. The third-order valence-electron chi connectivity index (χ3n) is 3.67. The van der Waals surface area contributed by atoms with Crippen LogP contribution in [0.2, 0.25) is 0 Å². The molecule has 6 heteroatoms. The molecule has 0 radical (unpaired) electrons. The van der Waals surface area contributed by atoms with Crippen molar-refractivity contribution in [3.8, 4) is 0 Å². The van der Waals surface area contributed by atoms with Gasteiger partial charge in [-0.25, -0.2) is 0 Å². The van der Waals surface area contributed by atoms with E-state index < -0.39 is 0 Å². The van der Waals surface area contributed by atoms with Gasteiger partial charge in [-0.05, 0) is 25.7 Å². The van der Waals surface area contributed by atoms with Gasteiger partial charge in [0.05, 0.1) is 5.92 Å². The topological polar surface area (TPSA) is 58.1 Å². The molecular formula is C12H18N4OS. The summed E-state index contributed by atoms with van der Waals surface area (Å²) in [5.41, 5.74) is 0. The normalized spacial score (nSPS) is 24.1. The molecule has 5 nitrogen and oxygen atoms in total. The largest absolute Gasteiger partial charge is 0.359 e.